The van der Waals surface area contributed by atoms with Gasteiger partial charge in [-0.05, 0) is 42.7 Å². The molecule has 0 radical (unpaired) electrons. The zero-order valence-electron chi connectivity index (χ0n) is 11.5. The predicted molar refractivity (Wildman–Crippen MR) is 79.6 cm³/mol. The summed E-state index contributed by atoms with van der Waals surface area (Å²) in [6.07, 6.45) is 0.367. The van der Waals surface area contributed by atoms with Crippen molar-refractivity contribution in [1.82, 2.24) is 0 Å². The van der Waals surface area contributed by atoms with Crippen LogP contribution >= 0.6 is 11.6 Å². The van der Waals surface area contributed by atoms with Crippen molar-refractivity contribution in [3.63, 3.8) is 0 Å². The number of halogens is 2. The van der Waals surface area contributed by atoms with E-state index in [1.54, 1.807) is 19.2 Å². The maximum absolute atomic E-state index is 14.0. The smallest absolute Gasteiger partial charge is 0.145 e. The first-order valence-electron chi connectivity index (χ1n) is 6.30. The van der Waals surface area contributed by atoms with Gasteiger partial charge in [-0.2, -0.15) is 0 Å². The quantitative estimate of drug-likeness (QED) is 0.928. The summed E-state index contributed by atoms with van der Waals surface area (Å²) >= 11 is 5.80. The molecule has 2 aromatic rings. The van der Waals surface area contributed by atoms with Gasteiger partial charge in [0.15, 0.2) is 0 Å². The number of benzene rings is 2. The van der Waals surface area contributed by atoms with E-state index in [2.05, 4.69) is 0 Å². The number of nitrogens with two attached hydrogens (primary N) is 1. The van der Waals surface area contributed by atoms with Gasteiger partial charge in [-0.15, -0.1) is 0 Å². The highest BCUT2D eigenvalue weighted by molar-refractivity contribution is 6.30. The molecule has 1 unspecified atom stereocenters. The van der Waals surface area contributed by atoms with Crippen LogP contribution in [0.4, 0.5) is 4.39 Å². The van der Waals surface area contributed by atoms with E-state index in [-0.39, 0.29) is 5.02 Å². The number of hydrogen-bond donors (Lipinski definition) is 1. The Hall–Kier alpha value is -1.58. The zero-order valence-corrected chi connectivity index (χ0v) is 12.2. The molecule has 2 N–H and O–H groups in total. The maximum atomic E-state index is 14.0. The van der Waals surface area contributed by atoms with Crippen LogP contribution in [0.1, 0.15) is 18.1 Å². The molecule has 2 nitrogen and oxygen atoms in total. The van der Waals surface area contributed by atoms with Gasteiger partial charge in [-0.1, -0.05) is 35.9 Å². The monoisotopic (exact) mass is 293 g/mol. The minimum Gasteiger partial charge on any atom is -0.497 e. The molecule has 0 aliphatic carbocycles. The van der Waals surface area contributed by atoms with Crippen molar-refractivity contribution in [3.05, 3.63) is 64.4 Å². The third-order valence-electron chi connectivity index (χ3n) is 3.34. The molecular weight excluding hydrogens is 277 g/mol. The van der Waals surface area contributed by atoms with E-state index in [9.17, 15) is 4.39 Å². The minimum atomic E-state index is -0.683. The zero-order chi connectivity index (χ0) is 14.8. The molecular formula is C16H17ClFNO. The van der Waals surface area contributed by atoms with E-state index in [1.807, 2.05) is 31.2 Å². The standard InChI is InChI=1S/C16H17ClFNO/c1-16(19,12-6-8-13(20-2)9-7-12)10-11-4-3-5-14(17)15(11)18/h3-9H,10,19H2,1-2H3. The van der Waals surface area contributed by atoms with Gasteiger partial charge in [0.25, 0.3) is 0 Å². The summed E-state index contributed by atoms with van der Waals surface area (Å²) in [5.41, 5.74) is 7.07. The second-order valence-electron chi connectivity index (χ2n) is 5.04. The van der Waals surface area contributed by atoms with Gasteiger partial charge in [0.2, 0.25) is 0 Å². The number of ether oxygens (including phenoxy) is 1. The second-order valence-corrected chi connectivity index (χ2v) is 5.44. The van der Waals surface area contributed by atoms with E-state index in [4.69, 9.17) is 22.1 Å². The largest absolute Gasteiger partial charge is 0.497 e. The number of methoxy groups -OCH3 is 1. The maximum Gasteiger partial charge on any atom is 0.145 e. The Labute approximate surface area is 123 Å². The third kappa shape index (κ3) is 3.11. The summed E-state index contributed by atoms with van der Waals surface area (Å²) in [5, 5.41) is 0.119. The van der Waals surface area contributed by atoms with Crippen molar-refractivity contribution < 1.29 is 9.13 Å². The summed E-state index contributed by atoms with van der Waals surface area (Å²) in [5.74, 6) is 0.359. The lowest BCUT2D eigenvalue weighted by Gasteiger charge is -2.26. The van der Waals surface area contributed by atoms with Crippen molar-refractivity contribution in [2.45, 2.75) is 18.9 Å². The van der Waals surface area contributed by atoms with Crippen LogP contribution in [-0.2, 0) is 12.0 Å². The number of rotatable bonds is 4. The lowest BCUT2D eigenvalue weighted by Crippen LogP contribution is -2.35. The molecule has 4 heteroatoms. The van der Waals surface area contributed by atoms with Crippen LogP contribution in [0.5, 0.6) is 5.75 Å². The van der Waals surface area contributed by atoms with Crippen molar-refractivity contribution in [2.75, 3.05) is 7.11 Å². The summed E-state index contributed by atoms with van der Waals surface area (Å²) in [7, 11) is 1.61. The van der Waals surface area contributed by atoms with Gasteiger partial charge in [-0.3, -0.25) is 0 Å². The topological polar surface area (TPSA) is 35.2 Å². The van der Waals surface area contributed by atoms with Gasteiger partial charge in [0.05, 0.1) is 12.1 Å². The van der Waals surface area contributed by atoms with Gasteiger partial charge >= 0.3 is 0 Å². The molecule has 20 heavy (non-hydrogen) atoms. The minimum absolute atomic E-state index is 0.119. The highest BCUT2D eigenvalue weighted by atomic mass is 35.5. The van der Waals surface area contributed by atoms with Crippen LogP contribution in [0, 0.1) is 5.82 Å². The molecule has 2 rings (SSSR count). The fraction of sp³-hybridized carbons (Fsp3) is 0.250. The Balaban J connectivity index is 2.27. The van der Waals surface area contributed by atoms with Gasteiger partial charge < -0.3 is 10.5 Å². The second kappa shape index (κ2) is 5.81. The average Bonchev–Trinajstić information content (AvgIpc) is 2.44. The first kappa shape index (κ1) is 14.8. The summed E-state index contributed by atoms with van der Waals surface area (Å²) in [6, 6.07) is 12.4. The van der Waals surface area contributed by atoms with Gasteiger partial charge in [0, 0.05) is 5.54 Å². The van der Waals surface area contributed by atoms with E-state index in [0.717, 1.165) is 11.3 Å². The molecule has 0 aliphatic rings. The summed E-state index contributed by atoms with van der Waals surface area (Å²) in [6.45, 7) is 1.87. The normalized spacial score (nSPS) is 13.8. The van der Waals surface area contributed by atoms with Crippen molar-refractivity contribution in [1.29, 1.82) is 0 Å². The third-order valence-corrected chi connectivity index (χ3v) is 3.63. The molecule has 1 atom stereocenters. The molecule has 0 aliphatic heterocycles. The van der Waals surface area contributed by atoms with Crippen molar-refractivity contribution in [3.8, 4) is 5.75 Å². The highest BCUT2D eigenvalue weighted by Crippen LogP contribution is 2.27. The van der Waals surface area contributed by atoms with Gasteiger partial charge in [0.1, 0.15) is 11.6 Å². The molecule has 106 valence electrons. The van der Waals surface area contributed by atoms with Crippen molar-refractivity contribution >= 4 is 11.6 Å². The van der Waals surface area contributed by atoms with E-state index in [1.165, 1.54) is 6.07 Å². The molecule has 0 saturated carbocycles. The summed E-state index contributed by atoms with van der Waals surface area (Å²) in [4.78, 5) is 0. The Morgan fingerprint density at radius 3 is 2.45 bits per heavy atom. The molecule has 0 aromatic heterocycles. The lowest BCUT2D eigenvalue weighted by atomic mass is 9.86. The van der Waals surface area contributed by atoms with Gasteiger partial charge in [-0.25, -0.2) is 4.39 Å². The lowest BCUT2D eigenvalue weighted by molar-refractivity contribution is 0.413. The van der Waals surface area contributed by atoms with Crippen LogP contribution < -0.4 is 10.5 Å². The SMILES string of the molecule is COc1ccc(C(C)(N)Cc2cccc(Cl)c2F)cc1. The Bertz CT molecular complexity index is 596. The number of hydrogen-bond acceptors (Lipinski definition) is 2. The van der Waals surface area contributed by atoms with E-state index in [0.29, 0.717) is 12.0 Å². The van der Waals surface area contributed by atoms with Crippen LogP contribution in [0.3, 0.4) is 0 Å². The Kier molecular flexibility index (Phi) is 4.31. The molecule has 0 spiro atoms. The first-order chi connectivity index (χ1) is 9.44. The Morgan fingerprint density at radius 1 is 1.20 bits per heavy atom. The predicted octanol–water partition coefficient (Wildman–Crippen LogP) is 3.90. The molecule has 0 bridgehead atoms. The van der Waals surface area contributed by atoms with E-state index < -0.39 is 11.4 Å². The molecule has 0 fully saturated rings. The highest BCUT2D eigenvalue weighted by Gasteiger charge is 2.23. The van der Waals surface area contributed by atoms with Crippen LogP contribution in [0.25, 0.3) is 0 Å². The summed E-state index contributed by atoms with van der Waals surface area (Å²) < 4.78 is 19.1. The first-order valence-corrected chi connectivity index (χ1v) is 6.68. The average molecular weight is 294 g/mol. The van der Waals surface area contributed by atoms with Crippen LogP contribution in [0.2, 0.25) is 5.02 Å². The van der Waals surface area contributed by atoms with Crippen LogP contribution in [-0.4, -0.2) is 7.11 Å². The molecule has 0 saturated heterocycles. The van der Waals surface area contributed by atoms with E-state index >= 15 is 0 Å². The van der Waals surface area contributed by atoms with Crippen LogP contribution in [0.15, 0.2) is 42.5 Å². The molecule has 2 aromatic carbocycles. The fourth-order valence-corrected chi connectivity index (χ4v) is 2.35. The molecule has 0 heterocycles. The fourth-order valence-electron chi connectivity index (χ4n) is 2.15. The molecule has 0 amide bonds. The Morgan fingerprint density at radius 2 is 1.85 bits per heavy atom. The van der Waals surface area contributed by atoms with Crippen molar-refractivity contribution in [2.24, 2.45) is 5.73 Å².